The number of carboxylic acid groups (broad SMARTS) is 1. The van der Waals surface area contributed by atoms with Crippen molar-refractivity contribution in [1.82, 2.24) is 14.5 Å². The SMILES string of the molecule is CC(=O)O.COC(=O)c1ccc2c(c1)c(-c1nc3ccccc3[nH]c1=O)cn2CCCN. The molecule has 4 rings (SSSR count). The van der Waals surface area contributed by atoms with Crippen molar-refractivity contribution in [2.45, 2.75) is 19.9 Å². The maximum atomic E-state index is 12.7. The molecule has 0 unspecified atom stereocenters. The topological polar surface area (TPSA) is 140 Å². The summed E-state index contributed by atoms with van der Waals surface area (Å²) in [5.41, 5.74) is 9.08. The number of H-pyrrole nitrogens is 1. The summed E-state index contributed by atoms with van der Waals surface area (Å²) in [4.78, 5) is 41.2. The molecule has 0 atom stereocenters. The van der Waals surface area contributed by atoms with E-state index in [0.717, 1.165) is 24.2 Å². The third-order valence-electron chi connectivity index (χ3n) is 4.76. The Morgan fingerprint density at radius 3 is 2.62 bits per heavy atom. The molecule has 0 aliphatic rings. The normalized spacial score (nSPS) is 10.6. The Kier molecular flexibility index (Phi) is 7.01. The second-order valence-electron chi connectivity index (χ2n) is 7.05. The number of methoxy groups -OCH3 is 1. The monoisotopic (exact) mass is 436 g/mol. The van der Waals surface area contributed by atoms with Crippen molar-refractivity contribution >= 4 is 33.9 Å². The Bertz CT molecular complexity index is 1340. The van der Waals surface area contributed by atoms with E-state index in [1.807, 2.05) is 41.1 Å². The van der Waals surface area contributed by atoms with Gasteiger partial charge in [0.05, 0.1) is 23.7 Å². The minimum absolute atomic E-state index is 0.278. The molecule has 9 heteroatoms. The summed E-state index contributed by atoms with van der Waals surface area (Å²) >= 11 is 0. The number of carbonyl (C=O) groups is 2. The fraction of sp³-hybridized carbons (Fsp3) is 0.217. The molecular formula is C23H24N4O5. The number of aromatic amines is 1. The fourth-order valence-corrected chi connectivity index (χ4v) is 3.39. The van der Waals surface area contributed by atoms with Gasteiger partial charge in [0, 0.05) is 36.1 Å². The third-order valence-corrected chi connectivity index (χ3v) is 4.76. The number of nitrogens with one attached hydrogen (secondary N) is 1. The molecule has 4 N–H and O–H groups in total. The lowest BCUT2D eigenvalue weighted by Gasteiger charge is -2.04. The van der Waals surface area contributed by atoms with E-state index in [9.17, 15) is 9.59 Å². The van der Waals surface area contributed by atoms with E-state index in [2.05, 4.69) is 9.97 Å². The van der Waals surface area contributed by atoms with Crippen LogP contribution in [0.2, 0.25) is 0 Å². The van der Waals surface area contributed by atoms with Crippen molar-refractivity contribution < 1.29 is 19.4 Å². The van der Waals surface area contributed by atoms with Crippen molar-refractivity contribution in [3.05, 3.63) is 64.6 Å². The minimum atomic E-state index is -0.833. The zero-order chi connectivity index (χ0) is 23.3. The van der Waals surface area contributed by atoms with Gasteiger partial charge in [0.25, 0.3) is 11.5 Å². The van der Waals surface area contributed by atoms with Gasteiger partial charge in [-0.3, -0.25) is 9.59 Å². The van der Waals surface area contributed by atoms with Crippen molar-refractivity contribution in [2.75, 3.05) is 13.7 Å². The molecule has 2 aromatic carbocycles. The standard InChI is InChI=1S/C21H20N4O3.C2H4O2/c1-28-21(27)13-7-8-18-14(11-13)15(12-25(18)10-4-9-22)19-20(26)24-17-6-3-2-5-16(17)23-19;1-2(3)4/h2-3,5-8,11-12H,4,9-10,22H2,1H3,(H,24,26);1H3,(H,3,4). The number of nitrogens with two attached hydrogens (primary N) is 1. The molecule has 9 nitrogen and oxygen atoms in total. The number of rotatable bonds is 5. The second kappa shape index (κ2) is 9.88. The number of fused-ring (bicyclic) bond motifs is 2. The van der Waals surface area contributed by atoms with Crippen LogP contribution in [0.25, 0.3) is 33.2 Å². The summed E-state index contributed by atoms with van der Waals surface area (Å²) in [7, 11) is 1.34. The summed E-state index contributed by atoms with van der Waals surface area (Å²) in [5.74, 6) is -1.26. The molecule has 0 fully saturated rings. The van der Waals surface area contributed by atoms with Crippen LogP contribution in [-0.4, -0.2) is 45.2 Å². The summed E-state index contributed by atoms with van der Waals surface area (Å²) in [6.45, 7) is 2.35. The first-order chi connectivity index (χ1) is 15.3. The van der Waals surface area contributed by atoms with E-state index >= 15 is 0 Å². The molecule has 0 aliphatic carbocycles. The molecule has 0 saturated carbocycles. The number of hydrogen-bond acceptors (Lipinski definition) is 6. The lowest BCUT2D eigenvalue weighted by molar-refractivity contribution is -0.134. The van der Waals surface area contributed by atoms with Gasteiger partial charge >= 0.3 is 5.97 Å². The highest BCUT2D eigenvalue weighted by atomic mass is 16.5. The van der Waals surface area contributed by atoms with Gasteiger partial charge in [-0.15, -0.1) is 0 Å². The van der Waals surface area contributed by atoms with Crippen molar-refractivity contribution in [3.63, 3.8) is 0 Å². The molecule has 166 valence electrons. The van der Waals surface area contributed by atoms with Gasteiger partial charge in [0.15, 0.2) is 0 Å². The van der Waals surface area contributed by atoms with Gasteiger partial charge in [-0.1, -0.05) is 12.1 Å². The van der Waals surface area contributed by atoms with Gasteiger partial charge in [-0.2, -0.15) is 0 Å². The van der Waals surface area contributed by atoms with Gasteiger partial charge in [-0.05, 0) is 43.3 Å². The fourth-order valence-electron chi connectivity index (χ4n) is 3.39. The molecule has 2 heterocycles. The average Bonchev–Trinajstić information content (AvgIpc) is 3.13. The van der Waals surface area contributed by atoms with Crippen LogP contribution >= 0.6 is 0 Å². The third kappa shape index (κ3) is 4.84. The van der Waals surface area contributed by atoms with E-state index in [0.29, 0.717) is 40.9 Å². The van der Waals surface area contributed by atoms with E-state index in [1.54, 1.807) is 12.1 Å². The van der Waals surface area contributed by atoms with Crippen molar-refractivity contribution in [1.29, 1.82) is 0 Å². The number of carbonyl (C=O) groups excluding carboxylic acids is 1. The zero-order valence-electron chi connectivity index (χ0n) is 17.8. The number of carboxylic acids is 1. The first kappa shape index (κ1) is 22.7. The second-order valence-corrected chi connectivity index (χ2v) is 7.05. The Labute approximate surface area is 183 Å². The molecule has 4 aromatic rings. The van der Waals surface area contributed by atoms with Crippen LogP contribution in [0.3, 0.4) is 0 Å². The maximum absolute atomic E-state index is 12.7. The molecule has 0 aliphatic heterocycles. The number of para-hydroxylation sites is 2. The zero-order valence-corrected chi connectivity index (χ0v) is 17.8. The van der Waals surface area contributed by atoms with Crippen LogP contribution in [0.15, 0.2) is 53.5 Å². The predicted molar refractivity (Wildman–Crippen MR) is 122 cm³/mol. The molecular weight excluding hydrogens is 412 g/mol. The summed E-state index contributed by atoms with van der Waals surface area (Å²) in [5, 5.41) is 8.19. The van der Waals surface area contributed by atoms with Crippen LogP contribution in [0.1, 0.15) is 23.7 Å². The molecule has 0 radical (unpaired) electrons. The van der Waals surface area contributed by atoms with Gasteiger partial charge < -0.3 is 25.1 Å². The van der Waals surface area contributed by atoms with Gasteiger partial charge in [-0.25, -0.2) is 9.78 Å². The number of benzene rings is 2. The Morgan fingerprint density at radius 1 is 1.22 bits per heavy atom. The molecule has 0 amide bonds. The Balaban J connectivity index is 0.000000668. The number of ether oxygens (including phenoxy) is 1. The first-order valence-corrected chi connectivity index (χ1v) is 9.96. The smallest absolute Gasteiger partial charge is 0.337 e. The number of hydrogen-bond donors (Lipinski definition) is 3. The van der Waals surface area contributed by atoms with Gasteiger partial charge in [0.2, 0.25) is 0 Å². The highest BCUT2D eigenvalue weighted by Gasteiger charge is 2.17. The quantitative estimate of drug-likeness (QED) is 0.409. The first-order valence-electron chi connectivity index (χ1n) is 9.96. The molecule has 0 spiro atoms. The highest BCUT2D eigenvalue weighted by molar-refractivity contribution is 6.01. The van der Waals surface area contributed by atoms with E-state index in [4.69, 9.17) is 20.4 Å². The van der Waals surface area contributed by atoms with Crippen LogP contribution in [0.4, 0.5) is 0 Å². The van der Waals surface area contributed by atoms with Crippen LogP contribution in [0.5, 0.6) is 0 Å². The number of nitrogens with zero attached hydrogens (tertiary/aromatic N) is 2. The lowest BCUT2D eigenvalue weighted by Crippen LogP contribution is -2.11. The Hall–Kier alpha value is -3.98. The number of aryl methyl sites for hydroxylation is 1. The molecule has 0 saturated heterocycles. The number of aliphatic carboxylic acids is 1. The van der Waals surface area contributed by atoms with Crippen molar-refractivity contribution in [3.8, 4) is 11.3 Å². The number of esters is 1. The average molecular weight is 436 g/mol. The summed E-state index contributed by atoms with van der Waals surface area (Å²) < 4.78 is 6.87. The van der Waals surface area contributed by atoms with E-state index in [1.165, 1.54) is 7.11 Å². The molecule has 0 bridgehead atoms. The minimum Gasteiger partial charge on any atom is -0.481 e. The van der Waals surface area contributed by atoms with Crippen LogP contribution in [0, 0.1) is 0 Å². The van der Waals surface area contributed by atoms with Crippen molar-refractivity contribution in [2.24, 2.45) is 5.73 Å². The Morgan fingerprint density at radius 2 is 1.94 bits per heavy atom. The summed E-state index contributed by atoms with van der Waals surface area (Å²) in [6, 6.07) is 12.7. The highest BCUT2D eigenvalue weighted by Crippen LogP contribution is 2.30. The summed E-state index contributed by atoms with van der Waals surface area (Å²) in [6.07, 6.45) is 2.69. The number of aromatic nitrogens is 3. The largest absolute Gasteiger partial charge is 0.481 e. The maximum Gasteiger partial charge on any atom is 0.337 e. The predicted octanol–water partition coefficient (Wildman–Crippen LogP) is 2.77. The molecule has 32 heavy (non-hydrogen) atoms. The van der Waals surface area contributed by atoms with Crippen LogP contribution < -0.4 is 11.3 Å². The van der Waals surface area contributed by atoms with E-state index in [-0.39, 0.29) is 5.56 Å². The van der Waals surface area contributed by atoms with Gasteiger partial charge in [0.1, 0.15) is 5.69 Å². The van der Waals surface area contributed by atoms with E-state index < -0.39 is 11.9 Å². The molecule has 2 aromatic heterocycles. The lowest BCUT2D eigenvalue weighted by atomic mass is 10.1. The van der Waals surface area contributed by atoms with Crippen LogP contribution in [-0.2, 0) is 16.1 Å².